The quantitative estimate of drug-likeness (QED) is 0.808. The number of ether oxygens (including phenoxy) is 1. The SMILES string of the molecule is COC(C)(C)CNCc1c(C)noc1C. The van der Waals surface area contributed by atoms with Crippen molar-refractivity contribution in [2.75, 3.05) is 13.7 Å². The normalized spacial score (nSPS) is 12.1. The average Bonchev–Trinajstić information content (AvgIpc) is 2.49. The third-order valence-corrected chi connectivity index (χ3v) is 2.59. The molecule has 0 aliphatic rings. The van der Waals surface area contributed by atoms with E-state index < -0.39 is 0 Å². The van der Waals surface area contributed by atoms with Gasteiger partial charge < -0.3 is 14.6 Å². The Hall–Kier alpha value is -0.870. The van der Waals surface area contributed by atoms with Gasteiger partial charge in [0.1, 0.15) is 5.76 Å². The van der Waals surface area contributed by atoms with Crippen molar-refractivity contribution in [3.05, 3.63) is 17.0 Å². The number of methoxy groups -OCH3 is 1. The molecule has 4 heteroatoms. The Balaban J connectivity index is 2.45. The van der Waals surface area contributed by atoms with Crippen molar-refractivity contribution >= 4 is 0 Å². The van der Waals surface area contributed by atoms with Crippen LogP contribution in [0.25, 0.3) is 0 Å². The highest BCUT2D eigenvalue weighted by Crippen LogP contribution is 2.12. The highest BCUT2D eigenvalue weighted by molar-refractivity contribution is 5.20. The first kappa shape index (κ1) is 12.2. The summed E-state index contributed by atoms with van der Waals surface area (Å²) < 4.78 is 10.4. The molecule has 86 valence electrons. The van der Waals surface area contributed by atoms with Crippen molar-refractivity contribution in [3.8, 4) is 0 Å². The minimum atomic E-state index is -0.140. The van der Waals surface area contributed by atoms with Crippen molar-refractivity contribution in [2.24, 2.45) is 0 Å². The molecule has 4 nitrogen and oxygen atoms in total. The number of nitrogens with zero attached hydrogens (tertiary/aromatic N) is 1. The second-order valence-corrected chi connectivity index (χ2v) is 4.37. The molecule has 0 saturated heterocycles. The fraction of sp³-hybridized carbons (Fsp3) is 0.727. The van der Waals surface area contributed by atoms with Crippen LogP contribution in [0.4, 0.5) is 0 Å². The van der Waals surface area contributed by atoms with Crippen molar-refractivity contribution in [3.63, 3.8) is 0 Å². The third kappa shape index (κ3) is 3.32. The molecule has 0 saturated carbocycles. The maximum absolute atomic E-state index is 5.32. The average molecular weight is 212 g/mol. The molecule has 1 aromatic rings. The molecular weight excluding hydrogens is 192 g/mol. The van der Waals surface area contributed by atoms with Gasteiger partial charge in [0, 0.05) is 25.8 Å². The highest BCUT2D eigenvalue weighted by atomic mass is 16.5. The molecule has 1 heterocycles. The van der Waals surface area contributed by atoms with Crippen LogP contribution >= 0.6 is 0 Å². The molecule has 0 aliphatic carbocycles. The van der Waals surface area contributed by atoms with Crippen LogP contribution in [-0.4, -0.2) is 24.4 Å². The highest BCUT2D eigenvalue weighted by Gasteiger charge is 2.16. The van der Waals surface area contributed by atoms with Crippen LogP contribution < -0.4 is 5.32 Å². The first-order chi connectivity index (χ1) is 6.96. The molecule has 1 N–H and O–H groups in total. The predicted molar refractivity (Wildman–Crippen MR) is 58.8 cm³/mol. The van der Waals surface area contributed by atoms with Gasteiger partial charge in [0.15, 0.2) is 0 Å². The summed E-state index contributed by atoms with van der Waals surface area (Å²) in [6.07, 6.45) is 0. The standard InChI is InChI=1S/C11H20N2O2/c1-8-10(9(2)15-13-8)6-12-7-11(3,4)14-5/h12H,6-7H2,1-5H3. The van der Waals surface area contributed by atoms with Gasteiger partial charge in [-0.3, -0.25) is 0 Å². The zero-order chi connectivity index (χ0) is 11.5. The molecule has 0 amide bonds. The van der Waals surface area contributed by atoms with E-state index in [1.54, 1.807) is 7.11 Å². The number of aryl methyl sites for hydroxylation is 2. The summed E-state index contributed by atoms with van der Waals surface area (Å²) in [4.78, 5) is 0. The number of aromatic nitrogens is 1. The lowest BCUT2D eigenvalue weighted by molar-refractivity contribution is 0.0230. The lowest BCUT2D eigenvalue weighted by Crippen LogP contribution is -2.36. The smallest absolute Gasteiger partial charge is 0.138 e. The Bertz CT molecular complexity index is 299. The lowest BCUT2D eigenvalue weighted by atomic mass is 10.1. The summed E-state index contributed by atoms with van der Waals surface area (Å²) in [5, 5.41) is 7.24. The molecular formula is C11H20N2O2. The molecule has 0 bridgehead atoms. The van der Waals surface area contributed by atoms with E-state index >= 15 is 0 Å². The van der Waals surface area contributed by atoms with E-state index in [9.17, 15) is 0 Å². The van der Waals surface area contributed by atoms with E-state index in [0.29, 0.717) is 0 Å². The van der Waals surface area contributed by atoms with E-state index in [0.717, 1.165) is 30.1 Å². The number of hydrogen-bond acceptors (Lipinski definition) is 4. The van der Waals surface area contributed by atoms with Crippen molar-refractivity contribution < 1.29 is 9.26 Å². The molecule has 1 rings (SSSR count). The van der Waals surface area contributed by atoms with Crippen molar-refractivity contribution in [2.45, 2.75) is 39.8 Å². The monoisotopic (exact) mass is 212 g/mol. The maximum atomic E-state index is 5.32. The molecule has 1 aromatic heterocycles. The Morgan fingerprint density at radius 2 is 2.07 bits per heavy atom. The van der Waals surface area contributed by atoms with Crippen molar-refractivity contribution in [1.82, 2.24) is 10.5 Å². The number of rotatable bonds is 5. The summed E-state index contributed by atoms with van der Waals surface area (Å²) in [5.41, 5.74) is 1.95. The van der Waals surface area contributed by atoms with Crippen LogP contribution in [0.5, 0.6) is 0 Å². The Kier molecular flexibility index (Phi) is 3.88. The van der Waals surface area contributed by atoms with Crippen LogP contribution in [0.1, 0.15) is 30.9 Å². The van der Waals surface area contributed by atoms with Gasteiger partial charge in [-0.05, 0) is 27.7 Å². The minimum absolute atomic E-state index is 0.140. The van der Waals surface area contributed by atoms with Gasteiger partial charge in [-0.1, -0.05) is 5.16 Å². The van der Waals surface area contributed by atoms with Crippen LogP contribution in [-0.2, 0) is 11.3 Å². The van der Waals surface area contributed by atoms with Crippen LogP contribution in [0.2, 0.25) is 0 Å². The maximum Gasteiger partial charge on any atom is 0.138 e. The summed E-state index contributed by atoms with van der Waals surface area (Å²) in [7, 11) is 1.72. The second kappa shape index (κ2) is 4.77. The first-order valence-corrected chi connectivity index (χ1v) is 5.14. The summed E-state index contributed by atoms with van der Waals surface area (Å²) >= 11 is 0. The van der Waals surface area contributed by atoms with E-state index in [1.165, 1.54) is 0 Å². The van der Waals surface area contributed by atoms with Gasteiger partial charge in [0.2, 0.25) is 0 Å². The Morgan fingerprint density at radius 1 is 1.40 bits per heavy atom. The Morgan fingerprint density at radius 3 is 2.53 bits per heavy atom. The Labute approximate surface area is 91.0 Å². The summed E-state index contributed by atoms with van der Waals surface area (Å²) in [5.74, 6) is 0.884. The molecule has 15 heavy (non-hydrogen) atoms. The van der Waals surface area contributed by atoms with E-state index in [2.05, 4.69) is 10.5 Å². The molecule has 0 spiro atoms. The number of nitrogens with one attached hydrogen (secondary N) is 1. The van der Waals surface area contributed by atoms with Gasteiger partial charge in [-0.25, -0.2) is 0 Å². The van der Waals surface area contributed by atoms with Crippen molar-refractivity contribution in [1.29, 1.82) is 0 Å². The van der Waals surface area contributed by atoms with Gasteiger partial charge in [-0.15, -0.1) is 0 Å². The van der Waals surface area contributed by atoms with E-state index in [-0.39, 0.29) is 5.60 Å². The van der Waals surface area contributed by atoms with Gasteiger partial charge >= 0.3 is 0 Å². The molecule has 0 aliphatic heterocycles. The molecule has 0 atom stereocenters. The summed E-state index contributed by atoms with van der Waals surface area (Å²) in [6, 6.07) is 0. The minimum Gasteiger partial charge on any atom is -0.377 e. The predicted octanol–water partition coefficient (Wildman–Crippen LogP) is 1.81. The van der Waals surface area contributed by atoms with Crippen LogP contribution in [0.15, 0.2) is 4.52 Å². The van der Waals surface area contributed by atoms with Crippen LogP contribution in [0, 0.1) is 13.8 Å². The molecule has 0 unspecified atom stereocenters. The second-order valence-electron chi connectivity index (χ2n) is 4.37. The zero-order valence-electron chi connectivity index (χ0n) is 10.2. The van der Waals surface area contributed by atoms with E-state index in [1.807, 2.05) is 27.7 Å². The molecule has 0 fully saturated rings. The van der Waals surface area contributed by atoms with Gasteiger partial charge in [0.25, 0.3) is 0 Å². The van der Waals surface area contributed by atoms with Gasteiger partial charge in [0.05, 0.1) is 11.3 Å². The fourth-order valence-electron chi connectivity index (χ4n) is 1.31. The zero-order valence-corrected chi connectivity index (χ0v) is 10.2. The fourth-order valence-corrected chi connectivity index (χ4v) is 1.31. The topological polar surface area (TPSA) is 47.3 Å². The summed E-state index contributed by atoms with van der Waals surface area (Å²) in [6.45, 7) is 9.55. The first-order valence-electron chi connectivity index (χ1n) is 5.14. The molecule has 0 radical (unpaired) electrons. The third-order valence-electron chi connectivity index (χ3n) is 2.59. The largest absolute Gasteiger partial charge is 0.377 e. The molecule has 0 aromatic carbocycles. The lowest BCUT2D eigenvalue weighted by Gasteiger charge is -2.23. The van der Waals surface area contributed by atoms with Gasteiger partial charge in [-0.2, -0.15) is 0 Å². The van der Waals surface area contributed by atoms with E-state index in [4.69, 9.17) is 9.26 Å². The van der Waals surface area contributed by atoms with Crippen LogP contribution in [0.3, 0.4) is 0 Å². The number of hydrogen-bond donors (Lipinski definition) is 1.